The van der Waals surface area contributed by atoms with E-state index in [0.29, 0.717) is 21.3 Å². The second kappa shape index (κ2) is 6.27. The molecule has 0 aliphatic rings. The van der Waals surface area contributed by atoms with Crippen LogP contribution in [-0.4, -0.2) is 5.91 Å². The summed E-state index contributed by atoms with van der Waals surface area (Å²) < 4.78 is 1.59. The Morgan fingerprint density at radius 1 is 1.00 bits per heavy atom. The van der Waals surface area contributed by atoms with Gasteiger partial charge >= 0.3 is 0 Å². The van der Waals surface area contributed by atoms with Gasteiger partial charge in [-0.2, -0.15) is 0 Å². The van der Waals surface area contributed by atoms with Crippen molar-refractivity contribution in [3.8, 4) is 0 Å². The number of rotatable bonds is 2. The molecule has 2 aromatic rings. The fraction of sp³-hybridized carbons (Fsp3) is 0. The Balaban J connectivity index is 2.23. The number of carbonyl (C=O) groups is 1. The summed E-state index contributed by atoms with van der Waals surface area (Å²) in [6, 6.07) is 10.2. The van der Waals surface area contributed by atoms with Gasteiger partial charge in [0, 0.05) is 14.5 Å². The Morgan fingerprint density at radius 3 is 2.37 bits per heavy atom. The van der Waals surface area contributed by atoms with E-state index < -0.39 is 0 Å². The first-order valence-corrected chi connectivity index (χ1v) is 7.53. The average Bonchev–Trinajstić information content (AvgIpc) is 2.36. The number of benzene rings is 2. The molecule has 1 N–H and O–H groups in total. The monoisotopic (exact) mass is 421 g/mol. The fourth-order valence-corrected chi connectivity index (χ4v) is 2.57. The Labute approximate surface area is 137 Å². The van der Waals surface area contributed by atoms with Crippen molar-refractivity contribution in [2.24, 2.45) is 0 Å². The molecule has 0 aliphatic heterocycles. The van der Waals surface area contributed by atoms with Crippen LogP contribution in [-0.2, 0) is 0 Å². The zero-order valence-corrected chi connectivity index (χ0v) is 14.1. The van der Waals surface area contributed by atoms with Gasteiger partial charge in [-0.05, 0) is 52.3 Å². The van der Waals surface area contributed by atoms with Crippen LogP contribution in [0.4, 0.5) is 5.69 Å². The fourth-order valence-electron chi connectivity index (χ4n) is 1.42. The minimum atomic E-state index is -0.265. The lowest BCUT2D eigenvalue weighted by Crippen LogP contribution is -2.12. The van der Waals surface area contributed by atoms with Crippen LogP contribution < -0.4 is 5.32 Å². The van der Waals surface area contributed by atoms with Crippen molar-refractivity contribution >= 4 is 66.7 Å². The van der Waals surface area contributed by atoms with Crippen molar-refractivity contribution in [3.63, 3.8) is 0 Å². The number of anilines is 1. The van der Waals surface area contributed by atoms with E-state index in [1.165, 1.54) is 0 Å². The van der Waals surface area contributed by atoms with Gasteiger partial charge in [-0.25, -0.2) is 0 Å². The molecule has 19 heavy (non-hydrogen) atoms. The van der Waals surface area contributed by atoms with Gasteiger partial charge in [-0.3, -0.25) is 4.79 Å². The SMILES string of the molecule is O=C(Nc1ccc(Br)cc1Cl)c1ccc(Br)c(Cl)c1. The van der Waals surface area contributed by atoms with Crippen LogP contribution in [0.2, 0.25) is 10.0 Å². The molecule has 2 rings (SSSR count). The van der Waals surface area contributed by atoms with Crippen molar-refractivity contribution in [3.05, 3.63) is 61.0 Å². The third kappa shape index (κ3) is 3.72. The summed E-state index contributed by atoms with van der Waals surface area (Å²) in [4.78, 5) is 12.1. The van der Waals surface area contributed by atoms with Crippen molar-refractivity contribution in [2.45, 2.75) is 0 Å². The molecular weight excluding hydrogens is 417 g/mol. The molecule has 2 aromatic carbocycles. The van der Waals surface area contributed by atoms with Crippen LogP contribution in [0.25, 0.3) is 0 Å². The minimum Gasteiger partial charge on any atom is -0.321 e. The molecule has 0 atom stereocenters. The average molecular weight is 424 g/mol. The second-order valence-corrected chi connectivity index (χ2v) is 6.29. The minimum absolute atomic E-state index is 0.265. The molecule has 0 saturated carbocycles. The first kappa shape index (κ1) is 14.9. The number of halogens is 4. The van der Waals surface area contributed by atoms with Crippen LogP contribution in [0, 0.1) is 0 Å². The van der Waals surface area contributed by atoms with Crippen molar-refractivity contribution in [1.82, 2.24) is 0 Å². The molecule has 0 spiro atoms. The Hall–Kier alpha value is -0.550. The summed E-state index contributed by atoms with van der Waals surface area (Å²) in [5.74, 6) is -0.265. The molecule has 0 radical (unpaired) electrons. The standard InChI is InChI=1S/C13H7Br2Cl2NO/c14-8-2-4-12(11(17)6-8)18-13(19)7-1-3-9(15)10(16)5-7/h1-6H,(H,18,19). The Bertz CT molecular complexity index is 647. The van der Waals surface area contributed by atoms with E-state index in [9.17, 15) is 4.79 Å². The van der Waals surface area contributed by atoms with Crippen molar-refractivity contribution in [2.75, 3.05) is 5.32 Å². The van der Waals surface area contributed by atoms with Crippen LogP contribution in [0.3, 0.4) is 0 Å². The summed E-state index contributed by atoms with van der Waals surface area (Å²) in [7, 11) is 0. The molecule has 1 amide bonds. The van der Waals surface area contributed by atoms with Gasteiger partial charge in [-0.15, -0.1) is 0 Å². The van der Waals surface area contributed by atoms with E-state index >= 15 is 0 Å². The van der Waals surface area contributed by atoms with E-state index in [4.69, 9.17) is 23.2 Å². The van der Waals surface area contributed by atoms with Crippen LogP contribution >= 0.6 is 55.1 Å². The molecule has 0 saturated heterocycles. The lowest BCUT2D eigenvalue weighted by molar-refractivity contribution is 0.102. The van der Waals surface area contributed by atoms with Gasteiger partial charge in [0.05, 0.1) is 15.7 Å². The van der Waals surface area contributed by atoms with E-state index in [2.05, 4.69) is 37.2 Å². The zero-order valence-electron chi connectivity index (χ0n) is 9.38. The summed E-state index contributed by atoms with van der Waals surface area (Å²) >= 11 is 18.6. The Morgan fingerprint density at radius 2 is 1.74 bits per heavy atom. The molecule has 0 unspecified atom stereocenters. The molecule has 0 bridgehead atoms. The maximum absolute atomic E-state index is 12.1. The lowest BCUT2D eigenvalue weighted by Gasteiger charge is -2.08. The molecule has 6 heteroatoms. The van der Waals surface area contributed by atoms with E-state index in [1.54, 1.807) is 36.4 Å². The number of hydrogen-bond acceptors (Lipinski definition) is 1. The number of amides is 1. The molecule has 0 fully saturated rings. The van der Waals surface area contributed by atoms with Crippen LogP contribution in [0.1, 0.15) is 10.4 Å². The van der Waals surface area contributed by atoms with E-state index in [1.807, 2.05) is 0 Å². The Kier molecular flexibility index (Phi) is 4.90. The number of hydrogen-bond donors (Lipinski definition) is 1. The second-order valence-electron chi connectivity index (χ2n) is 3.71. The highest BCUT2D eigenvalue weighted by atomic mass is 79.9. The number of carbonyl (C=O) groups excluding carboxylic acids is 1. The topological polar surface area (TPSA) is 29.1 Å². The third-order valence-electron chi connectivity index (χ3n) is 2.36. The lowest BCUT2D eigenvalue weighted by atomic mass is 10.2. The van der Waals surface area contributed by atoms with Crippen molar-refractivity contribution < 1.29 is 4.79 Å². The highest BCUT2D eigenvalue weighted by Crippen LogP contribution is 2.27. The van der Waals surface area contributed by atoms with Gasteiger partial charge in [-0.1, -0.05) is 39.1 Å². The molecule has 98 valence electrons. The molecule has 0 aliphatic carbocycles. The smallest absolute Gasteiger partial charge is 0.255 e. The predicted octanol–water partition coefficient (Wildman–Crippen LogP) is 5.77. The van der Waals surface area contributed by atoms with Crippen LogP contribution in [0.5, 0.6) is 0 Å². The predicted molar refractivity (Wildman–Crippen MR) is 86.3 cm³/mol. The molecular formula is C13H7Br2Cl2NO. The summed E-state index contributed by atoms with van der Waals surface area (Å²) in [6.07, 6.45) is 0. The molecule has 0 aromatic heterocycles. The largest absolute Gasteiger partial charge is 0.321 e. The van der Waals surface area contributed by atoms with Gasteiger partial charge < -0.3 is 5.32 Å². The highest BCUT2D eigenvalue weighted by molar-refractivity contribution is 9.10. The van der Waals surface area contributed by atoms with E-state index in [-0.39, 0.29) is 5.91 Å². The number of nitrogens with one attached hydrogen (secondary N) is 1. The normalized spacial score (nSPS) is 10.3. The summed E-state index contributed by atoms with van der Waals surface area (Å²) in [5.41, 5.74) is 1.01. The molecule has 2 nitrogen and oxygen atoms in total. The van der Waals surface area contributed by atoms with Gasteiger partial charge in [0.25, 0.3) is 5.91 Å². The quantitative estimate of drug-likeness (QED) is 0.652. The zero-order chi connectivity index (χ0) is 14.0. The first-order chi connectivity index (χ1) is 8.97. The van der Waals surface area contributed by atoms with Gasteiger partial charge in [0.1, 0.15) is 0 Å². The van der Waals surface area contributed by atoms with Gasteiger partial charge in [0.2, 0.25) is 0 Å². The maximum atomic E-state index is 12.1. The highest BCUT2D eigenvalue weighted by Gasteiger charge is 2.10. The summed E-state index contributed by atoms with van der Waals surface area (Å²) in [5, 5.41) is 3.68. The third-order valence-corrected chi connectivity index (χ3v) is 4.40. The molecule has 0 heterocycles. The van der Waals surface area contributed by atoms with Gasteiger partial charge in [0.15, 0.2) is 0 Å². The van der Waals surface area contributed by atoms with Crippen LogP contribution in [0.15, 0.2) is 45.3 Å². The summed E-state index contributed by atoms with van der Waals surface area (Å²) in [6.45, 7) is 0. The first-order valence-electron chi connectivity index (χ1n) is 5.19. The van der Waals surface area contributed by atoms with E-state index in [0.717, 1.165) is 8.95 Å². The van der Waals surface area contributed by atoms with Crippen molar-refractivity contribution in [1.29, 1.82) is 0 Å². The maximum Gasteiger partial charge on any atom is 0.255 e.